The number of fused-ring (bicyclic) bond motifs is 1. The van der Waals surface area contributed by atoms with Crippen LogP contribution in [0.4, 0.5) is 10.7 Å². The van der Waals surface area contributed by atoms with Crippen molar-refractivity contribution < 1.29 is 9.59 Å². The fourth-order valence-corrected chi connectivity index (χ4v) is 5.59. The minimum atomic E-state index is -0.537. The number of para-hydroxylation sites is 1. The molecule has 32 heavy (non-hydrogen) atoms. The maximum Gasteiger partial charge on any atom is 0.256 e. The van der Waals surface area contributed by atoms with E-state index < -0.39 is 5.91 Å². The van der Waals surface area contributed by atoms with Crippen LogP contribution in [-0.4, -0.2) is 28.4 Å². The number of thiophene rings is 1. The summed E-state index contributed by atoms with van der Waals surface area (Å²) in [4.78, 5) is 28.1. The van der Waals surface area contributed by atoms with Crippen LogP contribution in [0.2, 0.25) is 0 Å². The Labute approximate surface area is 203 Å². The van der Waals surface area contributed by atoms with E-state index in [1.54, 1.807) is 6.07 Å². The monoisotopic (exact) mass is 528 g/mol. The summed E-state index contributed by atoms with van der Waals surface area (Å²) in [5.74, 6) is -0.794. The highest BCUT2D eigenvalue weighted by Gasteiger charge is 2.29. The first-order chi connectivity index (χ1) is 15.3. The summed E-state index contributed by atoms with van der Waals surface area (Å²) in [5.41, 5.74) is 9.31. The Morgan fingerprint density at radius 3 is 2.56 bits per heavy atom. The second-order valence-corrected chi connectivity index (χ2v) is 9.77. The third-order valence-electron chi connectivity index (χ3n) is 5.32. The first-order valence-electron chi connectivity index (χ1n) is 9.97. The highest BCUT2D eigenvalue weighted by atomic mass is 79.9. The number of carbonyl (C=O) groups is 2. The average Bonchev–Trinajstić information content (AvgIpc) is 3.12. The number of primary amides is 1. The number of rotatable bonds is 4. The van der Waals surface area contributed by atoms with Gasteiger partial charge in [0.15, 0.2) is 5.11 Å². The van der Waals surface area contributed by atoms with Gasteiger partial charge in [0.2, 0.25) is 0 Å². The molecule has 0 radical (unpaired) electrons. The molecule has 3 aromatic rings. The van der Waals surface area contributed by atoms with Gasteiger partial charge in [-0.25, -0.2) is 0 Å². The number of thiocarbonyl (C=S) groups is 1. The first kappa shape index (κ1) is 22.4. The van der Waals surface area contributed by atoms with Gasteiger partial charge in [0.05, 0.1) is 17.8 Å². The van der Waals surface area contributed by atoms with Gasteiger partial charge < -0.3 is 21.3 Å². The van der Waals surface area contributed by atoms with Crippen molar-refractivity contribution in [3.63, 3.8) is 0 Å². The summed E-state index contributed by atoms with van der Waals surface area (Å²) in [6.07, 6.45) is 0.613. The Kier molecular flexibility index (Phi) is 6.59. The summed E-state index contributed by atoms with van der Waals surface area (Å²) in [6, 6.07) is 15.1. The standard InChI is InChI=1S/C23H21BrN4O2S2/c1-13-6-2-3-7-14(13)21(30)27-22-19(20(25)29)15-10-11-28(12-18(15)32-22)23(31)26-17-9-5-4-8-16(17)24/h2-9H,10-12H2,1H3,(H2,25,29)(H,26,31)(H,27,30). The van der Waals surface area contributed by atoms with Gasteiger partial charge >= 0.3 is 0 Å². The number of anilines is 2. The Morgan fingerprint density at radius 1 is 1.12 bits per heavy atom. The van der Waals surface area contributed by atoms with Gasteiger partial charge in [0, 0.05) is 21.5 Å². The van der Waals surface area contributed by atoms with E-state index in [9.17, 15) is 9.59 Å². The van der Waals surface area contributed by atoms with Crippen molar-refractivity contribution in [3.8, 4) is 0 Å². The molecule has 0 saturated heterocycles. The molecule has 2 amide bonds. The van der Waals surface area contributed by atoms with Crippen LogP contribution in [0.25, 0.3) is 0 Å². The molecular weight excluding hydrogens is 508 g/mol. The Bertz CT molecular complexity index is 1220. The van der Waals surface area contributed by atoms with E-state index in [4.69, 9.17) is 18.0 Å². The van der Waals surface area contributed by atoms with E-state index in [1.807, 2.05) is 54.3 Å². The molecule has 1 aliphatic rings. The summed E-state index contributed by atoms with van der Waals surface area (Å²) in [6.45, 7) is 3.06. The zero-order chi connectivity index (χ0) is 22.8. The van der Waals surface area contributed by atoms with Crippen molar-refractivity contribution in [2.24, 2.45) is 5.73 Å². The summed E-state index contributed by atoms with van der Waals surface area (Å²) >= 11 is 10.5. The fourth-order valence-electron chi connectivity index (χ4n) is 3.68. The first-order valence-corrected chi connectivity index (χ1v) is 12.0. The number of nitrogens with zero attached hydrogens (tertiary/aromatic N) is 1. The molecule has 0 atom stereocenters. The van der Waals surface area contributed by atoms with Gasteiger partial charge in [-0.15, -0.1) is 11.3 Å². The largest absolute Gasteiger partial charge is 0.365 e. The van der Waals surface area contributed by atoms with Crippen LogP contribution in [0.5, 0.6) is 0 Å². The van der Waals surface area contributed by atoms with Crippen LogP contribution in [-0.2, 0) is 13.0 Å². The highest BCUT2D eigenvalue weighted by Crippen LogP contribution is 2.37. The Hall–Kier alpha value is -2.75. The van der Waals surface area contributed by atoms with Crippen molar-refractivity contribution in [1.29, 1.82) is 0 Å². The molecule has 0 spiro atoms. The van der Waals surface area contributed by atoms with Crippen LogP contribution in [0.15, 0.2) is 53.0 Å². The Morgan fingerprint density at radius 2 is 1.84 bits per heavy atom. The van der Waals surface area contributed by atoms with Crippen molar-refractivity contribution >= 4 is 67.1 Å². The van der Waals surface area contributed by atoms with Crippen LogP contribution in [0.3, 0.4) is 0 Å². The lowest BCUT2D eigenvalue weighted by atomic mass is 10.0. The fraction of sp³-hybridized carbons (Fsp3) is 0.174. The molecule has 2 aromatic carbocycles. The van der Waals surface area contributed by atoms with Gasteiger partial charge in [-0.1, -0.05) is 30.3 Å². The van der Waals surface area contributed by atoms with Crippen LogP contribution in [0, 0.1) is 6.92 Å². The third kappa shape index (κ3) is 4.55. The maximum atomic E-state index is 12.8. The van der Waals surface area contributed by atoms with Gasteiger partial charge in [-0.3, -0.25) is 9.59 Å². The summed E-state index contributed by atoms with van der Waals surface area (Å²) < 4.78 is 0.924. The number of halogens is 1. The SMILES string of the molecule is Cc1ccccc1C(=O)Nc1sc2c(c1C(N)=O)CCN(C(=S)Nc1ccccc1Br)C2. The molecule has 0 fully saturated rings. The number of aryl methyl sites for hydroxylation is 1. The maximum absolute atomic E-state index is 12.8. The second-order valence-electron chi connectivity index (χ2n) is 7.42. The molecule has 4 N–H and O–H groups in total. The summed E-state index contributed by atoms with van der Waals surface area (Å²) in [5, 5.41) is 7.26. The zero-order valence-corrected chi connectivity index (χ0v) is 20.5. The molecule has 1 aliphatic heterocycles. The number of benzene rings is 2. The smallest absolute Gasteiger partial charge is 0.256 e. The number of carbonyl (C=O) groups excluding carboxylic acids is 2. The van der Waals surface area contributed by atoms with E-state index in [2.05, 4.69) is 26.6 Å². The molecule has 164 valence electrons. The van der Waals surface area contributed by atoms with Crippen LogP contribution >= 0.6 is 39.5 Å². The van der Waals surface area contributed by atoms with Crippen molar-refractivity contribution in [2.45, 2.75) is 19.9 Å². The minimum Gasteiger partial charge on any atom is -0.365 e. The molecule has 9 heteroatoms. The highest BCUT2D eigenvalue weighted by molar-refractivity contribution is 9.10. The predicted molar refractivity (Wildman–Crippen MR) is 136 cm³/mol. The molecule has 0 bridgehead atoms. The molecule has 4 rings (SSSR count). The van der Waals surface area contributed by atoms with E-state index in [-0.39, 0.29) is 5.91 Å². The number of hydrogen-bond acceptors (Lipinski definition) is 4. The van der Waals surface area contributed by atoms with Crippen LogP contribution in [0.1, 0.15) is 36.7 Å². The lowest BCUT2D eigenvalue weighted by Crippen LogP contribution is -2.38. The number of hydrogen-bond donors (Lipinski definition) is 3. The lowest BCUT2D eigenvalue weighted by molar-refractivity contribution is 0.1000. The van der Waals surface area contributed by atoms with E-state index in [0.717, 1.165) is 26.2 Å². The van der Waals surface area contributed by atoms with Crippen molar-refractivity contribution in [1.82, 2.24) is 4.90 Å². The summed E-state index contributed by atoms with van der Waals surface area (Å²) in [7, 11) is 0. The van der Waals surface area contributed by atoms with Gasteiger partial charge in [0.25, 0.3) is 11.8 Å². The van der Waals surface area contributed by atoms with Gasteiger partial charge in [-0.2, -0.15) is 0 Å². The van der Waals surface area contributed by atoms with E-state index >= 15 is 0 Å². The molecular formula is C23H21BrN4O2S2. The molecule has 2 heterocycles. The zero-order valence-electron chi connectivity index (χ0n) is 17.3. The normalized spacial score (nSPS) is 12.8. The predicted octanol–water partition coefficient (Wildman–Crippen LogP) is 4.93. The molecule has 0 aliphatic carbocycles. The minimum absolute atomic E-state index is 0.257. The van der Waals surface area contributed by atoms with E-state index in [1.165, 1.54) is 11.3 Å². The molecule has 6 nitrogen and oxygen atoms in total. The van der Waals surface area contributed by atoms with E-state index in [0.29, 0.717) is 40.8 Å². The van der Waals surface area contributed by atoms with Gasteiger partial charge in [-0.05, 0) is 70.8 Å². The van der Waals surface area contributed by atoms with Crippen molar-refractivity contribution in [2.75, 3.05) is 17.2 Å². The second kappa shape index (κ2) is 9.40. The quantitative estimate of drug-likeness (QED) is 0.418. The average molecular weight is 529 g/mol. The van der Waals surface area contributed by atoms with Gasteiger partial charge in [0.1, 0.15) is 5.00 Å². The number of amides is 2. The third-order valence-corrected chi connectivity index (χ3v) is 7.51. The number of nitrogens with two attached hydrogens (primary N) is 1. The molecule has 0 unspecified atom stereocenters. The number of nitrogens with one attached hydrogen (secondary N) is 2. The lowest BCUT2D eigenvalue weighted by Gasteiger charge is -2.30. The van der Waals surface area contributed by atoms with Crippen LogP contribution < -0.4 is 16.4 Å². The Balaban J connectivity index is 1.56. The van der Waals surface area contributed by atoms with Crippen molar-refractivity contribution in [3.05, 3.63) is 80.1 Å². The topological polar surface area (TPSA) is 87.5 Å². The molecule has 1 aromatic heterocycles. The molecule has 0 saturated carbocycles.